The van der Waals surface area contributed by atoms with Gasteiger partial charge in [-0.1, -0.05) is 20.3 Å². The number of hydrogen-bond acceptors (Lipinski definition) is 2. The molecular formula is C14H27NO2. The van der Waals surface area contributed by atoms with E-state index in [2.05, 4.69) is 26.1 Å². The van der Waals surface area contributed by atoms with Gasteiger partial charge in [-0.05, 0) is 51.0 Å². The van der Waals surface area contributed by atoms with Crippen molar-refractivity contribution in [3.63, 3.8) is 0 Å². The van der Waals surface area contributed by atoms with Crippen LogP contribution in [0.1, 0.15) is 52.9 Å². The van der Waals surface area contributed by atoms with E-state index in [1.165, 1.54) is 12.8 Å². The minimum absolute atomic E-state index is 0.111. The van der Waals surface area contributed by atoms with Gasteiger partial charge in [0.05, 0.1) is 5.92 Å². The van der Waals surface area contributed by atoms with Gasteiger partial charge in [-0.25, -0.2) is 0 Å². The van der Waals surface area contributed by atoms with E-state index in [9.17, 15) is 4.79 Å². The molecule has 1 saturated carbocycles. The molecule has 0 spiro atoms. The topological polar surface area (TPSA) is 49.3 Å². The first kappa shape index (κ1) is 14.5. The van der Waals surface area contributed by atoms with Gasteiger partial charge in [0.25, 0.3) is 0 Å². The van der Waals surface area contributed by atoms with Gasteiger partial charge < -0.3 is 10.4 Å². The number of carboxylic acids is 1. The van der Waals surface area contributed by atoms with Crippen LogP contribution in [0, 0.1) is 17.8 Å². The first-order valence-corrected chi connectivity index (χ1v) is 6.97. The Balaban J connectivity index is 2.23. The predicted octanol–water partition coefficient (Wildman–Crippen LogP) is 2.90. The zero-order valence-corrected chi connectivity index (χ0v) is 11.4. The Morgan fingerprint density at radius 1 is 1.29 bits per heavy atom. The van der Waals surface area contributed by atoms with Crippen molar-refractivity contribution in [2.75, 3.05) is 6.54 Å². The Morgan fingerprint density at radius 2 is 2.00 bits per heavy atom. The Hall–Kier alpha value is -0.570. The molecule has 3 nitrogen and oxygen atoms in total. The first-order chi connectivity index (χ1) is 8.00. The summed E-state index contributed by atoms with van der Waals surface area (Å²) in [5.41, 5.74) is 0. The van der Waals surface area contributed by atoms with E-state index in [0.29, 0.717) is 12.0 Å². The Kier molecular flexibility index (Phi) is 5.96. The van der Waals surface area contributed by atoms with E-state index < -0.39 is 5.97 Å². The maximum atomic E-state index is 11.0. The second-order valence-electron chi connectivity index (χ2n) is 5.92. The van der Waals surface area contributed by atoms with Crippen LogP contribution in [0.4, 0.5) is 0 Å². The fourth-order valence-corrected chi connectivity index (χ4v) is 2.64. The molecule has 1 rings (SSSR count). The first-order valence-electron chi connectivity index (χ1n) is 6.97. The SMILES string of the molecule is CC(C)CCC(C)NCC1CCCC1C(=O)O. The summed E-state index contributed by atoms with van der Waals surface area (Å²) in [6, 6.07) is 0.507. The van der Waals surface area contributed by atoms with Gasteiger partial charge in [0, 0.05) is 6.04 Å². The lowest BCUT2D eigenvalue weighted by Gasteiger charge is -2.20. The fraction of sp³-hybridized carbons (Fsp3) is 0.929. The lowest BCUT2D eigenvalue weighted by molar-refractivity contribution is -0.142. The quantitative estimate of drug-likeness (QED) is 0.720. The van der Waals surface area contributed by atoms with E-state index in [-0.39, 0.29) is 5.92 Å². The van der Waals surface area contributed by atoms with Gasteiger partial charge in [-0.2, -0.15) is 0 Å². The molecule has 2 N–H and O–H groups in total. The van der Waals surface area contributed by atoms with Gasteiger partial charge in [0.1, 0.15) is 0 Å². The third-order valence-electron chi connectivity index (χ3n) is 3.88. The second kappa shape index (κ2) is 7.00. The summed E-state index contributed by atoms with van der Waals surface area (Å²) in [4.78, 5) is 11.0. The van der Waals surface area contributed by atoms with Gasteiger partial charge in [-0.3, -0.25) is 4.79 Å². The van der Waals surface area contributed by atoms with Gasteiger partial charge in [0.2, 0.25) is 0 Å². The number of carbonyl (C=O) groups is 1. The molecule has 0 amide bonds. The van der Waals surface area contributed by atoms with Crippen LogP contribution in [-0.4, -0.2) is 23.7 Å². The van der Waals surface area contributed by atoms with Gasteiger partial charge in [-0.15, -0.1) is 0 Å². The van der Waals surface area contributed by atoms with E-state index in [4.69, 9.17) is 5.11 Å². The molecule has 3 atom stereocenters. The second-order valence-corrected chi connectivity index (χ2v) is 5.92. The molecule has 0 aromatic carbocycles. The minimum atomic E-state index is -0.607. The molecular weight excluding hydrogens is 214 g/mol. The van der Waals surface area contributed by atoms with Crippen LogP contribution in [-0.2, 0) is 4.79 Å². The van der Waals surface area contributed by atoms with Crippen LogP contribution >= 0.6 is 0 Å². The highest BCUT2D eigenvalue weighted by molar-refractivity contribution is 5.70. The molecule has 0 aliphatic heterocycles. The zero-order valence-electron chi connectivity index (χ0n) is 11.4. The summed E-state index contributed by atoms with van der Waals surface area (Å²) in [5.74, 6) is 0.371. The number of aliphatic carboxylic acids is 1. The van der Waals surface area contributed by atoms with Crippen LogP contribution in [0.15, 0.2) is 0 Å². The van der Waals surface area contributed by atoms with Crippen molar-refractivity contribution in [2.45, 2.75) is 58.9 Å². The summed E-state index contributed by atoms with van der Waals surface area (Å²) >= 11 is 0. The highest BCUT2D eigenvalue weighted by Crippen LogP contribution is 2.31. The monoisotopic (exact) mass is 241 g/mol. The van der Waals surface area contributed by atoms with Crippen molar-refractivity contribution in [1.29, 1.82) is 0 Å². The maximum absolute atomic E-state index is 11.0. The van der Waals surface area contributed by atoms with Crippen molar-refractivity contribution in [3.05, 3.63) is 0 Å². The van der Waals surface area contributed by atoms with Crippen molar-refractivity contribution < 1.29 is 9.90 Å². The third kappa shape index (κ3) is 5.07. The molecule has 3 unspecified atom stereocenters. The van der Waals surface area contributed by atoms with Crippen molar-refractivity contribution >= 4 is 5.97 Å². The summed E-state index contributed by atoms with van der Waals surface area (Å²) < 4.78 is 0. The third-order valence-corrected chi connectivity index (χ3v) is 3.88. The number of hydrogen-bond donors (Lipinski definition) is 2. The number of nitrogens with one attached hydrogen (secondary N) is 1. The van der Waals surface area contributed by atoms with E-state index in [1.807, 2.05) is 0 Å². The van der Waals surface area contributed by atoms with Crippen LogP contribution in [0.5, 0.6) is 0 Å². The Morgan fingerprint density at radius 3 is 2.59 bits per heavy atom. The van der Waals surface area contributed by atoms with Crippen LogP contribution in [0.3, 0.4) is 0 Å². The summed E-state index contributed by atoms with van der Waals surface area (Å²) in [5, 5.41) is 12.6. The standard InChI is InChI=1S/C14H27NO2/c1-10(2)7-8-11(3)15-9-12-5-4-6-13(12)14(16)17/h10-13,15H,4-9H2,1-3H3,(H,16,17). The van der Waals surface area contributed by atoms with Crippen molar-refractivity contribution in [1.82, 2.24) is 5.32 Å². The Bertz CT molecular complexity index is 240. The highest BCUT2D eigenvalue weighted by Gasteiger charge is 2.32. The lowest BCUT2D eigenvalue weighted by Crippen LogP contribution is -2.34. The normalized spacial score (nSPS) is 26.4. The highest BCUT2D eigenvalue weighted by atomic mass is 16.4. The van der Waals surface area contributed by atoms with Gasteiger partial charge >= 0.3 is 5.97 Å². The summed E-state index contributed by atoms with van der Waals surface area (Å²) in [7, 11) is 0. The Labute approximate surface area is 105 Å². The minimum Gasteiger partial charge on any atom is -0.481 e. The number of rotatable bonds is 7. The largest absolute Gasteiger partial charge is 0.481 e. The van der Waals surface area contributed by atoms with Crippen LogP contribution < -0.4 is 5.32 Å². The number of carboxylic acid groups (broad SMARTS) is 1. The van der Waals surface area contributed by atoms with E-state index in [0.717, 1.165) is 31.7 Å². The average molecular weight is 241 g/mol. The molecule has 1 aliphatic carbocycles. The molecule has 0 radical (unpaired) electrons. The van der Waals surface area contributed by atoms with Crippen LogP contribution in [0.25, 0.3) is 0 Å². The van der Waals surface area contributed by atoms with E-state index in [1.54, 1.807) is 0 Å². The van der Waals surface area contributed by atoms with Crippen molar-refractivity contribution in [3.8, 4) is 0 Å². The zero-order chi connectivity index (χ0) is 12.8. The van der Waals surface area contributed by atoms with E-state index >= 15 is 0 Å². The molecule has 100 valence electrons. The smallest absolute Gasteiger partial charge is 0.306 e. The fourth-order valence-electron chi connectivity index (χ4n) is 2.64. The lowest BCUT2D eigenvalue weighted by atomic mass is 9.95. The molecule has 17 heavy (non-hydrogen) atoms. The molecule has 0 aromatic heterocycles. The molecule has 0 saturated heterocycles. The predicted molar refractivity (Wildman–Crippen MR) is 70.0 cm³/mol. The molecule has 0 heterocycles. The molecule has 0 bridgehead atoms. The molecule has 1 fully saturated rings. The van der Waals surface area contributed by atoms with Crippen molar-refractivity contribution in [2.24, 2.45) is 17.8 Å². The van der Waals surface area contributed by atoms with Gasteiger partial charge in [0.15, 0.2) is 0 Å². The maximum Gasteiger partial charge on any atom is 0.306 e. The summed E-state index contributed by atoms with van der Waals surface area (Å²) in [6.45, 7) is 7.55. The molecule has 1 aliphatic rings. The average Bonchev–Trinajstić information content (AvgIpc) is 2.71. The summed E-state index contributed by atoms with van der Waals surface area (Å²) in [6.07, 6.45) is 5.43. The van der Waals surface area contributed by atoms with Crippen LogP contribution in [0.2, 0.25) is 0 Å². The molecule has 0 aromatic rings. The molecule has 3 heteroatoms.